The van der Waals surface area contributed by atoms with Crippen LogP contribution in [0.25, 0.3) is 10.9 Å². The predicted octanol–water partition coefficient (Wildman–Crippen LogP) is 0.778. The molecule has 0 aliphatic carbocycles. The van der Waals surface area contributed by atoms with E-state index in [9.17, 15) is 9.59 Å². The molecule has 0 radical (unpaired) electrons. The predicted molar refractivity (Wildman–Crippen MR) is 79.7 cm³/mol. The lowest BCUT2D eigenvalue weighted by atomic mass is 10.1. The van der Waals surface area contributed by atoms with Crippen LogP contribution in [0.2, 0.25) is 0 Å². The van der Waals surface area contributed by atoms with Gasteiger partial charge in [-0.15, -0.1) is 0 Å². The average molecular weight is 284 g/mol. The van der Waals surface area contributed by atoms with Gasteiger partial charge in [0.15, 0.2) is 0 Å². The molecule has 0 spiro atoms. The first-order valence-electron chi connectivity index (χ1n) is 6.82. The third kappa shape index (κ3) is 2.29. The molecular formula is C15H16N4O2. The van der Waals surface area contributed by atoms with Crippen LogP contribution in [0, 0.1) is 0 Å². The Bertz CT molecular complexity index is 729. The number of pyridine rings is 1. The third-order valence-corrected chi connectivity index (χ3v) is 3.73. The summed E-state index contributed by atoms with van der Waals surface area (Å²) in [6, 6.07) is 8.44. The second-order valence-corrected chi connectivity index (χ2v) is 5.08. The van der Waals surface area contributed by atoms with Crippen LogP contribution in [-0.4, -0.2) is 40.8 Å². The summed E-state index contributed by atoms with van der Waals surface area (Å²) in [5, 5.41) is 3.49. The number of fused-ring (bicyclic) bond motifs is 1. The van der Waals surface area contributed by atoms with Gasteiger partial charge >= 0.3 is 0 Å². The Kier molecular flexibility index (Phi) is 3.21. The molecule has 1 fully saturated rings. The van der Waals surface area contributed by atoms with Gasteiger partial charge in [-0.1, -0.05) is 18.2 Å². The van der Waals surface area contributed by atoms with Gasteiger partial charge in [-0.2, -0.15) is 0 Å². The van der Waals surface area contributed by atoms with E-state index in [1.165, 1.54) is 0 Å². The minimum absolute atomic E-state index is 0.138. The van der Waals surface area contributed by atoms with Crippen molar-refractivity contribution < 1.29 is 9.59 Å². The maximum absolute atomic E-state index is 12.8. The van der Waals surface area contributed by atoms with E-state index in [1.807, 2.05) is 24.3 Å². The number of anilines is 1. The van der Waals surface area contributed by atoms with Crippen LogP contribution in [0.3, 0.4) is 0 Å². The number of carbonyl (C=O) groups is 2. The van der Waals surface area contributed by atoms with E-state index in [2.05, 4.69) is 10.3 Å². The van der Waals surface area contributed by atoms with Crippen LogP contribution in [0.4, 0.5) is 5.82 Å². The summed E-state index contributed by atoms with van der Waals surface area (Å²) in [5.74, 6) is -0.0326. The highest BCUT2D eigenvalue weighted by molar-refractivity contribution is 6.08. The molecule has 1 atom stereocenters. The molecule has 3 N–H and O–H groups in total. The number of carbonyl (C=O) groups excluding carboxylic acids is 2. The molecule has 2 aromatic rings. The van der Waals surface area contributed by atoms with Gasteiger partial charge in [0.25, 0.3) is 5.91 Å². The Morgan fingerprint density at radius 2 is 2.19 bits per heavy atom. The van der Waals surface area contributed by atoms with E-state index in [0.29, 0.717) is 30.0 Å². The number of nitrogens with zero attached hydrogens (tertiary/aromatic N) is 2. The van der Waals surface area contributed by atoms with Gasteiger partial charge in [-0.3, -0.25) is 9.59 Å². The molecule has 1 saturated heterocycles. The molecule has 2 heterocycles. The average Bonchev–Trinajstić information content (AvgIpc) is 2.48. The second-order valence-electron chi connectivity index (χ2n) is 5.08. The van der Waals surface area contributed by atoms with Crippen molar-refractivity contribution >= 4 is 28.5 Å². The number of para-hydroxylation sites is 1. The number of benzene rings is 1. The zero-order valence-electron chi connectivity index (χ0n) is 11.7. The normalized spacial score (nSPS) is 18.6. The molecule has 0 saturated carbocycles. The fraction of sp³-hybridized carbons (Fsp3) is 0.267. The Morgan fingerprint density at radius 3 is 3.00 bits per heavy atom. The summed E-state index contributed by atoms with van der Waals surface area (Å²) in [6.45, 7) is 2.68. The quantitative estimate of drug-likeness (QED) is 0.810. The van der Waals surface area contributed by atoms with Crippen LogP contribution in [0.15, 0.2) is 30.3 Å². The maximum atomic E-state index is 12.8. The molecule has 3 rings (SSSR count). The number of hydrogen-bond acceptors (Lipinski definition) is 4. The van der Waals surface area contributed by atoms with Crippen molar-refractivity contribution in [3.8, 4) is 0 Å². The van der Waals surface area contributed by atoms with E-state index >= 15 is 0 Å². The second kappa shape index (κ2) is 5.05. The molecule has 1 aromatic carbocycles. The standard InChI is InChI=1S/C15H16N4O2/c1-9-14(20)17-6-7-19(9)15(21)11-8-13(16)18-12-5-3-2-4-10(11)12/h2-5,8-9H,6-7H2,1H3,(H2,16,18)(H,17,20). The molecule has 1 aromatic heterocycles. The van der Waals surface area contributed by atoms with Crippen LogP contribution in [-0.2, 0) is 4.79 Å². The molecule has 1 aliphatic rings. The summed E-state index contributed by atoms with van der Waals surface area (Å²) in [5.41, 5.74) is 6.95. The highest BCUT2D eigenvalue weighted by Crippen LogP contribution is 2.22. The minimum Gasteiger partial charge on any atom is -0.384 e. The first kappa shape index (κ1) is 13.4. The molecule has 108 valence electrons. The summed E-state index contributed by atoms with van der Waals surface area (Å²) < 4.78 is 0. The number of amides is 2. The Morgan fingerprint density at radius 1 is 1.43 bits per heavy atom. The lowest BCUT2D eigenvalue weighted by Crippen LogP contribution is -2.55. The summed E-state index contributed by atoms with van der Waals surface area (Å²) >= 11 is 0. The summed E-state index contributed by atoms with van der Waals surface area (Å²) in [6.07, 6.45) is 0. The molecular weight excluding hydrogens is 268 g/mol. The minimum atomic E-state index is -0.487. The largest absolute Gasteiger partial charge is 0.384 e. The van der Waals surface area contributed by atoms with E-state index in [-0.39, 0.29) is 11.8 Å². The fourth-order valence-corrected chi connectivity index (χ4v) is 2.59. The number of nitrogens with two attached hydrogens (primary N) is 1. The summed E-state index contributed by atoms with van der Waals surface area (Å²) in [4.78, 5) is 30.3. The number of nitrogen functional groups attached to an aromatic ring is 1. The zero-order valence-corrected chi connectivity index (χ0v) is 11.7. The highest BCUT2D eigenvalue weighted by atomic mass is 16.2. The lowest BCUT2D eigenvalue weighted by molar-refractivity contribution is -0.127. The molecule has 2 amide bonds. The van der Waals surface area contributed by atoms with Gasteiger partial charge in [-0.05, 0) is 19.1 Å². The van der Waals surface area contributed by atoms with Crippen LogP contribution >= 0.6 is 0 Å². The van der Waals surface area contributed by atoms with E-state index < -0.39 is 6.04 Å². The van der Waals surface area contributed by atoms with Crippen molar-refractivity contribution in [3.63, 3.8) is 0 Å². The monoisotopic (exact) mass is 284 g/mol. The van der Waals surface area contributed by atoms with Gasteiger partial charge in [-0.25, -0.2) is 4.98 Å². The van der Waals surface area contributed by atoms with Crippen molar-refractivity contribution in [2.24, 2.45) is 0 Å². The Balaban J connectivity index is 2.07. The SMILES string of the molecule is CC1C(=O)NCCN1C(=O)c1cc(N)nc2ccccc12. The molecule has 1 aliphatic heterocycles. The van der Waals surface area contributed by atoms with Crippen molar-refractivity contribution in [3.05, 3.63) is 35.9 Å². The van der Waals surface area contributed by atoms with Crippen molar-refractivity contribution in [1.82, 2.24) is 15.2 Å². The highest BCUT2D eigenvalue weighted by Gasteiger charge is 2.30. The zero-order chi connectivity index (χ0) is 15.0. The van der Waals surface area contributed by atoms with Gasteiger partial charge in [0.1, 0.15) is 11.9 Å². The van der Waals surface area contributed by atoms with Crippen molar-refractivity contribution in [1.29, 1.82) is 0 Å². The molecule has 6 heteroatoms. The van der Waals surface area contributed by atoms with Crippen molar-refractivity contribution in [2.75, 3.05) is 18.8 Å². The topological polar surface area (TPSA) is 88.3 Å². The number of hydrogen-bond donors (Lipinski definition) is 2. The van der Waals surface area contributed by atoms with Crippen LogP contribution in [0.5, 0.6) is 0 Å². The van der Waals surface area contributed by atoms with Gasteiger partial charge in [0.2, 0.25) is 5.91 Å². The number of aromatic nitrogens is 1. The Labute approximate surface area is 121 Å². The molecule has 21 heavy (non-hydrogen) atoms. The van der Waals surface area contributed by atoms with Crippen LogP contribution < -0.4 is 11.1 Å². The first-order chi connectivity index (χ1) is 10.1. The number of piperazine rings is 1. The third-order valence-electron chi connectivity index (χ3n) is 3.73. The van der Waals surface area contributed by atoms with Gasteiger partial charge in [0.05, 0.1) is 11.1 Å². The molecule has 0 bridgehead atoms. The van der Waals surface area contributed by atoms with Crippen molar-refractivity contribution in [2.45, 2.75) is 13.0 Å². The maximum Gasteiger partial charge on any atom is 0.255 e. The first-order valence-corrected chi connectivity index (χ1v) is 6.82. The van der Waals surface area contributed by atoms with E-state index in [4.69, 9.17) is 5.73 Å². The Hall–Kier alpha value is -2.63. The smallest absolute Gasteiger partial charge is 0.255 e. The van der Waals surface area contributed by atoms with E-state index in [1.54, 1.807) is 17.9 Å². The fourth-order valence-electron chi connectivity index (χ4n) is 2.59. The lowest BCUT2D eigenvalue weighted by Gasteiger charge is -2.33. The van der Waals surface area contributed by atoms with Gasteiger partial charge in [0, 0.05) is 18.5 Å². The number of rotatable bonds is 1. The van der Waals surface area contributed by atoms with Crippen LogP contribution in [0.1, 0.15) is 17.3 Å². The molecule has 1 unspecified atom stereocenters. The number of nitrogens with one attached hydrogen (secondary N) is 1. The molecule has 6 nitrogen and oxygen atoms in total. The van der Waals surface area contributed by atoms with E-state index in [0.717, 1.165) is 5.39 Å². The van der Waals surface area contributed by atoms with Gasteiger partial charge < -0.3 is 16.0 Å². The summed E-state index contributed by atoms with van der Waals surface area (Å²) in [7, 11) is 0.